The summed E-state index contributed by atoms with van der Waals surface area (Å²) >= 11 is 0. The second kappa shape index (κ2) is 8.50. The molecule has 1 unspecified atom stereocenters. The highest BCUT2D eigenvalue weighted by Crippen LogP contribution is 2.49. The van der Waals surface area contributed by atoms with Gasteiger partial charge in [-0.2, -0.15) is 26.3 Å². The Balaban J connectivity index is 0.000000423. The van der Waals surface area contributed by atoms with Gasteiger partial charge >= 0.3 is 24.3 Å². The summed E-state index contributed by atoms with van der Waals surface area (Å²) in [6, 6.07) is 0. The molecule has 1 amide bonds. The van der Waals surface area contributed by atoms with Gasteiger partial charge in [0.05, 0.1) is 12.5 Å². The number of carboxylic acids is 2. The number of likely N-dealkylation sites (tertiary alicyclic amines) is 1. The number of halogens is 6. The predicted octanol–water partition coefficient (Wildman–Crippen LogP) is 2.18. The zero-order valence-corrected chi connectivity index (χ0v) is 15.4. The quantitative estimate of drug-likeness (QED) is 0.648. The van der Waals surface area contributed by atoms with Crippen molar-refractivity contribution in [1.82, 2.24) is 14.5 Å². The van der Waals surface area contributed by atoms with Crippen molar-refractivity contribution >= 4 is 17.8 Å². The number of amides is 1. The van der Waals surface area contributed by atoms with E-state index in [2.05, 4.69) is 15.2 Å². The molecule has 3 heterocycles. The molecule has 3 rings (SSSR count). The molecule has 10 nitrogen and oxygen atoms in total. The number of carbonyl (C=O) groups excluding carboxylic acids is 1. The fraction of sp³-hybridized carbons (Fsp3) is 0.600. The molecule has 0 bridgehead atoms. The molecule has 0 spiro atoms. The predicted molar refractivity (Wildman–Crippen MR) is 85.8 cm³/mol. The molecule has 16 heteroatoms. The van der Waals surface area contributed by atoms with E-state index in [0.29, 0.717) is 13.0 Å². The lowest BCUT2D eigenvalue weighted by molar-refractivity contribution is -0.192. The number of hydrogen-bond acceptors (Lipinski definition) is 6. The number of aromatic nitrogens is 2. The van der Waals surface area contributed by atoms with Gasteiger partial charge in [0.25, 0.3) is 5.66 Å². The van der Waals surface area contributed by atoms with Gasteiger partial charge in [-0.25, -0.2) is 14.6 Å². The molecule has 1 fully saturated rings. The summed E-state index contributed by atoms with van der Waals surface area (Å²) in [6.45, 7) is 0.293. The van der Waals surface area contributed by atoms with Gasteiger partial charge < -0.3 is 19.7 Å². The van der Waals surface area contributed by atoms with Crippen LogP contribution in [-0.2, 0) is 16.1 Å². The average Bonchev–Trinajstić information content (AvgIpc) is 3.05. The highest BCUT2D eigenvalue weighted by molar-refractivity contribution is 5.86. The van der Waals surface area contributed by atoms with Gasteiger partial charge in [0.2, 0.25) is 5.91 Å². The molecule has 2 aliphatic rings. The smallest absolute Gasteiger partial charge is 0.477 e. The van der Waals surface area contributed by atoms with Gasteiger partial charge in [-0.3, -0.25) is 4.79 Å². The molecule has 2 aliphatic heterocycles. The molecule has 0 radical (unpaired) electrons. The summed E-state index contributed by atoms with van der Waals surface area (Å²) in [4.78, 5) is 37.2. The summed E-state index contributed by atoms with van der Waals surface area (Å²) in [5.74, 6) is -4.66. The lowest BCUT2D eigenvalue weighted by Gasteiger charge is -2.20. The van der Waals surface area contributed by atoms with E-state index in [-0.39, 0.29) is 37.0 Å². The second-order valence-corrected chi connectivity index (χ2v) is 6.73. The molecule has 0 aromatic carbocycles. The van der Waals surface area contributed by atoms with Crippen LogP contribution in [0.4, 0.5) is 26.3 Å². The van der Waals surface area contributed by atoms with E-state index in [1.807, 2.05) is 0 Å². The number of aliphatic carboxylic acids is 1. The third kappa shape index (κ3) is 5.91. The first kappa shape index (κ1) is 24.1. The van der Waals surface area contributed by atoms with Crippen molar-refractivity contribution in [2.75, 3.05) is 13.1 Å². The number of alkyl halides is 6. The van der Waals surface area contributed by atoms with Crippen molar-refractivity contribution in [3.05, 3.63) is 18.2 Å². The molecule has 1 aromatic rings. The topological polar surface area (TPSA) is 137 Å². The normalized spacial score (nSPS) is 19.5. The van der Waals surface area contributed by atoms with Crippen LogP contribution in [0.5, 0.6) is 0 Å². The minimum Gasteiger partial charge on any atom is -0.477 e. The summed E-state index contributed by atoms with van der Waals surface area (Å²) in [7, 11) is 0. The monoisotopic (exact) mass is 459 g/mol. The molecular formula is C15H15F6N5O5. The fourth-order valence-electron chi connectivity index (χ4n) is 2.87. The van der Waals surface area contributed by atoms with Gasteiger partial charge in [-0.1, -0.05) is 0 Å². The zero-order valence-electron chi connectivity index (χ0n) is 15.4. The molecule has 1 aromatic heterocycles. The zero-order chi connectivity index (χ0) is 23.6. The van der Waals surface area contributed by atoms with Crippen LogP contribution in [0.25, 0.3) is 0 Å². The van der Waals surface area contributed by atoms with Gasteiger partial charge in [0.1, 0.15) is 12.2 Å². The number of carbonyl (C=O) groups is 3. The first-order valence-corrected chi connectivity index (χ1v) is 8.48. The molecule has 1 saturated heterocycles. The summed E-state index contributed by atoms with van der Waals surface area (Å²) in [5, 5.41) is 22.4. The van der Waals surface area contributed by atoms with E-state index >= 15 is 0 Å². The van der Waals surface area contributed by atoms with E-state index in [1.54, 1.807) is 0 Å². The fourth-order valence-corrected chi connectivity index (χ4v) is 2.87. The number of hydrogen-bond donors (Lipinski definition) is 2. The van der Waals surface area contributed by atoms with Gasteiger partial charge in [-0.05, 0) is 12.3 Å². The maximum absolute atomic E-state index is 12.8. The van der Waals surface area contributed by atoms with E-state index in [1.165, 1.54) is 15.8 Å². The number of rotatable bonds is 5. The Morgan fingerprint density at radius 3 is 2.16 bits per heavy atom. The van der Waals surface area contributed by atoms with Crippen molar-refractivity contribution < 1.29 is 50.9 Å². The Kier molecular flexibility index (Phi) is 6.60. The van der Waals surface area contributed by atoms with Gasteiger partial charge in [0.15, 0.2) is 0 Å². The minimum absolute atomic E-state index is 0.120. The van der Waals surface area contributed by atoms with Gasteiger partial charge in [-0.15, -0.1) is 10.2 Å². The van der Waals surface area contributed by atoms with Crippen molar-refractivity contribution in [3.8, 4) is 0 Å². The molecule has 1 atom stereocenters. The third-order valence-electron chi connectivity index (χ3n) is 4.49. The van der Waals surface area contributed by atoms with Crippen molar-refractivity contribution in [2.45, 2.75) is 37.4 Å². The van der Waals surface area contributed by atoms with Crippen LogP contribution in [-0.4, -0.2) is 73.6 Å². The van der Waals surface area contributed by atoms with E-state index in [4.69, 9.17) is 15.0 Å². The van der Waals surface area contributed by atoms with Crippen LogP contribution in [0.2, 0.25) is 0 Å². The Morgan fingerprint density at radius 1 is 1.13 bits per heavy atom. The molecular weight excluding hydrogens is 444 g/mol. The molecule has 0 saturated carbocycles. The van der Waals surface area contributed by atoms with Crippen molar-refractivity contribution in [2.24, 2.45) is 16.1 Å². The molecule has 172 valence electrons. The van der Waals surface area contributed by atoms with Crippen molar-refractivity contribution in [1.29, 1.82) is 0 Å². The molecule has 0 aliphatic carbocycles. The highest BCUT2D eigenvalue weighted by atomic mass is 19.4. The Hall–Kier alpha value is -3.20. The first-order chi connectivity index (χ1) is 14.2. The Morgan fingerprint density at radius 2 is 1.71 bits per heavy atom. The van der Waals surface area contributed by atoms with E-state index < -0.39 is 30.0 Å². The first-order valence-electron chi connectivity index (χ1n) is 8.48. The summed E-state index contributed by atoms with van der Waals surface area (Å²) in [5.41, 5.74) is -2.41. The number of carboxylic acid groups (broad SMARTS) is 2. The Bertz CT molecular complexity index is 874. The summed E-state index contributed by atoms with van der Waals surface area (Å²) in [6.07, 6.45) is -7.05. The lowest BCUT2D eigenvalue weighted by atomic mass is 9.96. The molecule has 2 N–H and O–H groups in total. The maximum atomic E-state index is 12.8. The van der Waals surface area contributed by atoms with Crippen LogP contribution in [0.3, 0.4) is 0 Å². The van der Waals surface area contributed by atoms with Crippen LogP contribution in [0.1, 0.15) is 23.3 Å². The average molecular weight is 459 g/mol. The standard InChI is InChI=1S/C13H14F3N5O3.C2HF3O2/c14-13(15,16)12(18-19-12)3-8-1-2-20(5-8)10(22)6-21-7-17-4-9(21)11(23)24;3-2(4,5)1(6)7/h4,7-8H,1-3,5-6H2,(H,23,24);(H,6,7). The number of imidazole rings is 1. The van der Waals surface area contributed by atoms with Crippen LogP contribution in [0, 0.1) is 5.92 Å². The van der Waals surface area contributed by atoms with E-state index in [0.717, 1.165) is 6.20 Å². The lowest BCUT2D eigenvalue weighted by Crippen LogP contribution is -2.36. The van der Waals surface area contributed by atoms with E-state index in [9.17, 15) is 35.9 Å². The van der Waals surface area contributed by atoms with Crippen LogP contribution < -0.4 is 0 Å². The number of nitrogens with zero attached hydrogens (tertiary/aromatic N) is 5. The van der Waals surface area contributed by atoms with Crippen molar-refractivity contribution in [3.63, 3.8) is 0 Å². The van der Waals surface area contributed by atoms with Crippen LogP contribution >= 0.6 is 0 Å². The maximum Gasteiger partial charge on any atom is 0.490 e. The second-order valence-electron chi connectivity index (χ2n) is 6.73. The third-order valence-corrected chi connectivity index (χ3v) is 4.49. The summed E-state index contributed by atoms with van der Waals surface area (Å²) < 4.78 is 71.5. The SMILES string of the molecule is O=C(O)C(F)(F)F.O=C(O)c1cncn1CC(=O)N1CCC(CC2(C(F)(F)F)N=N2)C1. The number of aromatic carboxylic acids is 1. The van der Waals surface area contributed by atoms with Crippen LogP contribution in [0.15, 0.2) is 22.8 Å². The molecule has 31 heavy (non-hydrogen) atoms. The highest BCUT2D eigenvalue weighted by Gasteiger charge is 2.64. The Labute approximate surface area is 169 Å². The minimum atomic E-state index is -5.08. The largest absolute Gasteiger partial charge is 0.490 e. The van der Waals surface area contributed by atoms with Gasteiger partial charge in [0, 0.05) is 19.5 Å².